The van der Waals surface area contributed by atoms with E-state index in [1.807, 2.05) is 49.9 Å². The van der Waals surface area contributed by atoms with Gasteiger partial charge in [0.1, 0.15) is 5.82 Å². The molecule has 2 unspecified atom stereocenters. The van der Waals surface area contributed by atoms with Gasteiger partial charge in [-0.3, -0.25) is 9.67 Å². The number of nitrogens with one attached hydrogen (secondary N) is 1. The van der Waals surface area contributed by atoms with Crippen molar-refractivity contribution in [2.45, 2.75) is 18.9 Å². The summed E-state index contributed by atoms with van der Waals surface area (Å²) in [6.07, 6.45) is 8.52. The van der Waals surface area contributed by atoms with Crippen LogP contribution in [-0.4, -0.2) is 36.0 Å². The summed E-state index contributed by atoms with van der Waals surface area (Å²) in [5, 5.41) is 11.9. The summed E-state index contributed by atoms with van der Waals surface area (Å²) in [6, 6.07) is 9.84. The summed E-state index contributed by atoms with van der Waals surface area (Å²) in [7, 11) is 1.91. The van der Waals surface area contributed by atoms with Crippen LogP contribution in [0.3, 0.4) is 0 Å². The summed E-state index contributed by atoms with van der Waals surface area (Å²) in [6.45, 7) is 1.29. The van der Waals surface area contributed by atoms with Crippen LogP contribution in [0.5, 0.6) is 5.88 Å². The molecule has 1 aliphatic carbocycles. The normalized spacial score (nSPS) is 18.3. The Morgan fingerprint density at radius 1 is 1.21 bits per heavy atom. The minimum absolute atomic E-state index is 0.489. The molecule has 1 fully saturated rings. The van der Waals surface area contributed by atoms with Crippen LogP contribution in [0.25, 0.3) is 5.65 Å². The maximum atomic E-state index is 6.02. The lowest BCUT2D eigenvalue weighted by Gasteiger charge is -2.11. The van der Waals surface area contributed by atoms with Crippen molar-refractivity contribution in [1.82, 2.24) is 29.4 Å². The van der Waals surface area contributed by atoms with Gasteiger partial charge in [-0.2, -0.15) is 19.7 Å². The first kappa shape index (κ1) is 16.7. The first-order valence-corrected chi connectivity index (χ1v) is 9.36. The monoisotopic (exact) mass is 375 g/mol. The zero-order chi connectivity index (χ0) is 18.9. The van der Waals surface area contributed by atoms with Gasteiger partial charge in [0.25, 0.3) is 0 Å². The van der Waals surface area contributed by atoms with E-state index in [-0.39, 0.29) is 0 Å². The van der Waals surface area contributed by atoms with Gasteiger partial charge in [0.05, 0.1) is 19.0 Å². The van der Waals surface area contributed by atoms with Crippen LogP contribution in [0.1, 0.15) is 23.6 Å². The van der Waals surface area contributed by atoms with E-state index in [0.29, 0.717) is 30.9 Å². The predicted molar refractivity (Wildman–Crippen MR) is 104 cm³/mol. The van der Waals surface area contributed by atoms with E-state index in [1.165, 1.54) is 0 Å². The molecule has 2 atom stereocenters. The van der Waals surface area contributed by atoms with Crippen molar-refractivity contribution in [2.75, 3.05) is 11.9 Å². The molecule has 4 aromatic heterocycles. The molecule has 0 aliphatic heterocycles. The predicted octanol–water partition coefficient (Wildman–Crippen LogP) is 2.65. The number of fused-ring (bicyclic) bond motifs is 1. The van der Waals surface area contributed by atoms with Crippen molar-refractivity contribution in [2.24, 2.45) is 13.0 Å². The molecular weight excluding hydrogens is 354 g/mol. The second-order valence-corrected chi connectivity index (χ2v) is 7.12. The van der Waals surface area contributed by atoms with Crippen LogP contribution in [0.4, 0.5) is 5.82 Å². The van der Waals surface area contributed by atoms with Crippen LogP contribution in [0.2, 0.25) is 0 Å². The first-order valence-electron chi connectivity index (χ1n) is 9.36. The van der Waals surface area contributed by atoms with Crippen molar-refractivity contribution in [3.63, 3.8) is 0 Å². The molecule has 4 heterocycles. The maximum Gasteiger partial charge on any atom is 0.219 e. The fourth-order valence-electron chi connectivity index (χ4n) is 3.43. The SMILES string of the molecule is Cn1cc(CNc2cc(OCC3CC3c3ccccn3)nc3ccnn23)cn1. The average Bonchev–Trinajstić information content (AvgIpc) is 3.11. The van der Waals surface area contributed by atoms with Crippen molar-refractivity contribution >= 4 is 11.5 Å². The van der Waals surface area contributed by atoms with Gasteiger partial charge in [-0.1, -0.05) is 6.07 Å². The molecule has 0 spiro atoms. The van der Waals surface area contributed by atoms with Crippen molar-refractivity contribution in [3.05, 3.63) is 66.4 Å². The third-order valence-corrected chi connectivity index (χ3v) is 5.00. The summed E-state index contributed by atoms with van der Waals surface area (Å²) >= 11 is 0. The molecule has 142 valence electrons. The number of hydrogen-bond donors (Lipinski definition) is 1. The number of nitrogens with zero attached hydrogens (tertiary/aromatic N) is 6. The fourth-order valence-corrected chi connectivity index (χ4v) is 3.43. The summed E-state index contributed by atoms with van der Waals surface area (Å²) in [4.78, 5) is 9.01. The third kappa shape index (κ3) is 3.40. The van der Waals surface area contributed by atoms with Crippen LogP contribution in [-0.2, 0) is 13.6 Å². The highest BCUT2D eigenvalue weighted by Gasteiger charge is 2.39. The molecule has 0 saturated heterocycles. The smallest absolute Gasteiger partial charge is 0.219 e. The van der Waals surface area contributed by atoms with E-state index in [0.717, 1.165) is 29.1 Å². The Kier molecular flexibility index (Phi) is 4.16. The highest BCUT2D eigenvalue weighted by Crippen LogP contribution is 2.46. The van der Waals surface area contributed by atoms with Crippen molar-refractivity contribution in [1.29, 1.82) is 0 Å². The van der Waals surface area contributed by atoms with Gasteiger partial charge in [0.2, 0.25) is 5.88 Å². The lowest BCUT2D eigenvalue weighted by molar-refractivity contribution is 0.286. The zero-order valence-corrected chi connectivity index (χ0v) is 15.6. The van der Waals surface area contributed by atoms with Crippen LogP contribution >= 0.6 is 0 Å². The number of ether oxygens (including phenoxy) is 1. The van der Waals surface area contributed by atoms with E-state index < -0.39 is 0 Å². The van der Waals surface area contributed by atoms with Gasteiger partial charge < -0.3 is 10.1 Å². The van der Waals surface area contributed by atoms with Crippen molar-refractivity contribution < 1.29 is 4.74 Å². The maximum absolute atomic E-state index is 6.02. The van der Waals surface area contributed by atoms with Gasteiger partial charge in [-0.15, -0.1) is 0 Å². The molecular formula is C20H21N7O. The van der Waals surface area contributed by atoms with Gasteiger partial charge in [0.15, 0.2) is 5.65 Å². The Labute approximate surface area is 162 Å². The van der Waals surface area contributed by atoms with Crippen LogP contribution in [0, 0.1) is 5.92 Å². The second kappa shape index (κ2) is 6.95. The standard InChI is InChI=1S/C20H21N7O/c1-26-12-14(11-24-26)10-22-19-9-20(25-18-5-7-23-27(18)19)28-13-15-8-16(15)17-4-2-3-6-21-17/h2-7,9,11-12,15-16,22H,8,10,13H2,1H3. The Morgan fingerprint density at radius 2 is 2.18 bits per heavy atom. The quantitative estimate of drug-likeness (QED) is 0.535. The Bertz CT molecular complexity index is 1090. The van der Waals surface area contributed by atoms with E-state index in [1.54, 1.807) is 15.4 Å². The largest absolute Gasteiger partial charge is 0.477 e. The third-order valence-electron chi connectivity index (χ3n) is 5.00. The molecule has 5 rings (SSSR count). The minimum Gasteiger partial charge on any atom is -0.477 e. The molecule has 0 radical (unpaired) electrons. The number of rotatable bonds is 7. The first-order chi connectivity index (χ1) is 13.8. The average molecular weight is 375 g/mol. The molecule has 28 heavy (non-hydrogen) atoms. The molecule has 0 bridgehead atoms. The highest BCUT2D eigenvalue weighted by molar-refractivity contribution is 5.51. The molecule has 1 saturated carbocycles. The number of hydrogen-bond acceptors (Lipinski definition) is 6. The lowest BCUT2D eigenvalue weighted by atomic mass is 10.2. The zero-order valence-electron chi connectivity index (χ0n) is 15.6. The van der Waals surface area contributed by atoms with E-state index in [4.69, 9.17) is 4.74 Å². The number of aromatic nitrogens is 6. The molecule has 4 aromatic rings. The van der Waals surface area contributed by atoms with E-state index in [2.05, 4.69) is 31.5 Å². The van der Waals surface area contributed by atoms with Gasteiger partial charge in [0, 0.05) is 61.2 Å². The molecule has 1 N–H and O–H groups in total. The molecule has 0 amide bonds. The number of anilines is 1. The number of aryl methyl sites for hydroxylation is 1. The van der Waals surface area contributed by atoms with Crippen molar-refractivity contribution in [3.8, 4) is 5.88 Å². The summed E-state index contributed by atoms with van der Waals surface area (Å²) < 4.78 is 9.58. The molecule has 0 aromatic carbocycles. The number of pyridine rings is 1. The summed E-state index contributed by atoms with van der Waals surface area (Å²) in [5.74, 6) is 2.42. The topological polar surface area (TPSA) is 82.2 Å². The van der Waals surface area contributed by atoms with Gasteiger partial charge in [-0.25, -0.2) is 0 Å². The lowest BCUT2D eigenvalue weighted by Crippen LogP contribution is -2.08. The Balaban J connectivity index is 1.27. The fraction of sp³-hybridized carbons (Fsp3) is 0.300. The van der Waals surface area contributed by atoms with Gasteiger partial charge in [-0.05, 0) is 18.6 Å². The highest BCUT2D eigenvalue weighted by atomic mass is 16.5. The second-order valence-electron chi connectivity index (χ2n) is 7.12. The van der Waals surface area contributed by atoms with E-state index >= 15 is 0 Å². The Morgan fingerprint density at radius 3 is 3.00 bits per heavy atom. The summed E-state index contributed by atoms with van der Waals surface area (Å²) in [5.41, 5.74) is 3.00. The van der Waals surface area contributed by atoms with Gasteiger partial charge >= 0.3 is 0 Å². The van der Waals surface area contributed by atoms with Crippen LogP contribution in [0.15, 0.2) is 55.1 Å². The van der Waals surface area contributed by atoms with E-state index in [9.17, 15) is 0 Å². The molecule has 1 aliphatic rings. The Hall–Kier alpha value is -3.42. The minimum atomic E-state index is 0.489. The molecule has 8 nitrogen and oxygen atoms in total. The molecule has 8 heteroatoms. The van der Waals surface area contributed by atoms with Crippen LogP contribution < -0.4 is 10.1 Å².